The summed E-state index contributed by atoms with van der Waals surface area (Å²) in [6, 6.07) is 10.1. The molecule has 1 aromatic heterocycles. The van der Waals surface area contributed by atoms with Crippen molar-refractivity contribution in [3.63, 3.8) is 0 Å². The molecule has 1 aliphatic rings. The number of halogens is 1. The number of benzene rings is 1. The monoisotopic (exact) mass is 553 g/mol. The lowest BCUT2D eigenvalue weighted by Crippen LogP contribution is -2.36. The first-order valence-electron chi connectivity index (χ1n) is 11.1. The summed E-state index contributed by atoms with van der Waals surface area (Å²) in [4.78, 5) is 11.8. The minimum absolute atomic E-state index is 0. The van der Waals surface area contributed by atoms with Crippen LogP contribution in [0.1, 0.15) is 37.8 Å². The zero-order valence-electron chi connectivity index (χ0n) is 19.6. The summed E-state index contributed by atoms with van der Waals surface area (Å²) in [7, 11) is 3.28. The van der Waals surface area contributed by atoms with E-state index in [9.17, 15) is 0 Å². The number of rotatable bonds is 8. The van der Waals surface area contributed by atoms with Crippen molar-refractivity contribution in [1.82, 2.24) is 15.6 Å². The lowest BCUT2D eigenvalue weighted by molar-refractivity contribution is 0.354. The number of hydrogen-bond donors (Lipinski definition) is 2. The molecule has 176 valence electrons. The van der Waals surface area contributed by atoms with Gasteiger partial charge in [-0.2, -0.15) is 0 Å². The van der Waals surface area contributed by atoms with Gasteiger partial charge in [-0.05, 0) is 55.0 Å². The summed E-state index contributed by atoms with van der Waals surface area (Å²) in [5.41, 5.74) is 2.18. The Bertz CT molecular complexity index is 852. The summed E-state index contributed by atoms with van der Waals surface area (Å²) < 4.78 is 10.7. The molecule has 7 nitrogen and oxygen atoms in total. The van der Waals surface area contributed by atoms with Gasteiger partial charge < -0.3 is 25.0 Å². The van der Waals surface area contributed by atoms with Crippen LogP contribution in [0.15, 0.2) is 41.5 Å². The molecule has 0 unspecified atom stereocenters. The standard InChI is InChI=1S/C24H35N5O2.HI/c1-5-25-24(27-15-19-6-8-21(30-3)22(14-19)31-4)28-17-20-7-9-23(26-16-20)29-12-10-18(2)11-13-29;/h6-9,14,16,18H,5,10-13,15,17H2,1-4H3,(H2,25,27,28);1H. The lowest BCUT2D eigenvalue weighted by atomic mass is 9.99. The van der Waals surface area contributed by atoms with Crippen LogP contribution in [-0.4, -0.2) is 44.8 Å². The summed E-state index contributed by atoms with van der Waals surface area (Å²) in [6.07, 6.45) is 4.42. The third kappa shape index (κ3) is 7.43. The number of aliphatic imine (C=N–C) groups is 1. The van der Waals surface area contributed by atoms with E-state index in [1.165, 1.54) is 12.8 Å². The molecule has 1 aromatic carbocycles. The fourth-order valence-electron chi connectivity index (χ4n) is 3.62. The van der Waals surface area contributed by atoms with Gasteiger partial charge in [-0.1, -0.05) is 19.1 Å². The highest BCUT2D eigenvalue weighted by Gasteiger charge is 2.16. The number of pyridine rings is 1. The molecule has 3 rings (SSSR count). The van der Waals surface area contributed by atoms with Crippen molar-refractivity contribution < 1.29 is 9.47 Å². The van der Waals surface area contributed by atoms with Crippen molar-refractivity contribution in [3.05, 3.63) is 47.7 Å². The maximum absolute atomic E-state index is 5.39. The summed E-state index contributed by atoms with van der Waals surface area (Å²) >= 11 is 0. The molecule has 1 aliphatic heterocycles. The Balaban J connectivity index is 0.00000363. The van der Waals surface area contributed by atoms with E-state index >= 15 is 0 Å². The first-order chi connectivity index (χ1) is 15.1. The highest BCUT2D eigenvalue weighted by molar-refractivity contribution is 14.0. The topological polar surface area (TPSA) is 71.0 Å². The van der Waals surface area contributed by atoms with Gasteiger partial charge in [-0.3, -0.25) is 0 Å². The number of ether oxygens (including phenoxy) is 2. The number of nitrogens with one attached hydrogen (secondary N) is 2. The Kier molecular flexibility index (Phi) is 10.9. The minimum atomic E-state index is 0. The molecule has 0 aliphatic carbocycles. The molecule has 0 radical (unpaired) electrons. The number of hydrogen-bond acceptors (Lipinski definition) is 5. The summed E-state index contributed by atoms with van der Waals surface area (Å²) in [6.45, 7) is 8.58. The number of anilines is 1. The van der Waals surface area contributed by atoms with Crippen LogP contribution >= 0.6 is 24.0 Å². The molecule has 0 spiro atoms. The number of guanidine groups is 1. The van der Waals surface area contributed by atoms with Crippen LogP contribution in [0.3, 0.4) is 0 Å². The van der Waals surface area contributed by atoms with Crippen LogP contribution in [-0.2, 0) is 13.1 Å². The zero-order valence-corrected chi connectivity index (χ0v) is 21.9. The first kappa shape index (κ1) is 26.0. The fourth-order valence-corrected chi connectivity index (χ4v) is 3.62. The second-order valence-corrected chi connectivity index (χ2v) is 7.93. The van der Waals surface area contributed by atoms with Crippen LogP contribution < -0.4 is 25.0 Å². The van der Waals surface area contributed by atoms with Gasteiger partial charge in [0, 0.05) is 32.4 Å². The largest absolute Gasteiger partial charge is 0.493 e. The quantitative estimate of drug-likeness (QED) is 0.290. The third-order valence-electron chi connectivity index (χ3n) is 5.59. The number of nitrogens with zero attached hydrogens (tertiary/aromatic N) is 3. The van der Waals surface area contributed by atoms with E-state index in [0.29, 0.717) is 13.1 Å². The summed E-state index contributed by atoms with van der Waals surface area (Å²) in [5, 5.41) is 6.67. The van der Waals surface area contributed by atoms with E-state index in [4.69, 9.17) is 14.5 Å². The molecular formula is C24H36IN5O2. The van der Waals surface area contributed by atoms with Gasteiger partial charge in [-0.25, -0.2) is 9.98 Å². The Morgan fingerprint density at radius 1 is 1.06 bits per heavy atom. The van der Waals surface area contributed by atoms with Gasteiger partial charge in [0.2, 0.25) is 0 Å². The van der Waals surface area contributed by atoms with E-state index in [2.05, 4.69) is 46.5 Å². The Morgan fingerprint density at radius 3 is 2.41 bits per heavy atom. The van der Waals surface area contributed by atoms with E-state index in [0.717, 1.165) is 60.0 Å². The van der Waals surface area contributed by atoms with Crippen LogP contribution in [0.25, 0.3) is 0 Å². The number of methoxy groups -OCH3 is 2. The van der Waals surface area contributed by atoms with Crippen molar-refractivity contribution in [2.45, 2.75) is 39.8 Å². The van der Waals surface area contributed by atoms with Gasteiger partial charge in [0.15, 0.2) is 17.5 Å². The predicted octanol–water partition coefficient (Wildman–Crippen LogP) is 4.21. The molecule has 1 saturated heterocycles. The maximum atomic E-state index is 5.39. The van der Waals surface area contributed by atoms with Crippen molar-refractivity contribution >= 4 is 35.8 Å². The van der Waals surface area contributed by atoms with Gasteiger partial charge in [0.25, 0.3) is 0 Å². The number of piperidine rings is 1. The molecular weight excluding hydrogens is 517 g/mol. The van der Waals surface area contributed by atoms with Crippen LogP contribution in [0.2, 0.25) is 0 Å². The smallest absolute Gasteiger partial charge is 0.191 e. The molecule has 0 bridgehead atoms. The second-order valence-electron chi connectivity index (χ2n) is 7.93. The predicted molar refractivity (Wildman–Crippen MR) is 141 cm³/mol. The molecule has 2 heterocycles. The highest BCUT2D eigenvalue weighted by atomic mass is 127. The van der Waals surface area contributed by atoms with Crippen LogP contribution in [0.5, 0.6) is 11.5 Å². The molecule has 32 heavy (non-hydrogen) atoms. The molecule has 0 atom stereocenters. The molecule has 1 fully saturated rings. The van der Waals surface area contributed by atoms with Crippen molar-refractivity contribution in [1.29, 1.82) is 0 Å². The van der Waals surface area contributed by atoms with Crippen molar-refractivity contribution in [3.8, 4) is 11.5 Å². The van der Waals surface area contributed by atoms with Gasteiger partial charge in [0.05, 0.1) is 20.8 Å². The normalized spacial score (nSPS) is 14.5. The number of aromatic nitrogens is 1. The van der Waals surface area contributed by atoms with Gasteiger partial charge in [-0.15, -0.1) is 24.0 Å². The Morgan fingerprint density at radius 2 is 1.78 bits per heavy atom. The zero-order chi connectivity index (χ0) is 22.1. The lowest BCUT2D eigenvalue weighted by Gasteiger charge is -2.31. The molecule has 0 amide bonds. The SMILES string of the molecule is CCNC(=NCc1ccc(N2CCC(C)CC2)nc1)NCc1ccc(OC)c(OC)c1.I. The van der Waals surface area contributed by atoms with Crippen LogP contribution in [0.4, 0.5) is 5.82 Å². The Hall–Kier alpha value is -2.23. The average molecular weight is 553 g/mol. The van der Waals surface area contributed by atoms with Crippen molar-refractivity contribution in [2.75, 3.05) is 38.8 Å². The first-order valence-corrected chi connectivity index (χ1v) is 11.1. The van der Waals surface area contributed by atoms with E-state index in [1.807, 2.05) is 24.4 Å². The van der Waals surface area contributed by atoms with E-state index in [1.54, 1.807) is 14.2 Å². The van der Waals surface area contributed by atoms with Gasteiger partial charge >= 0.3 is 0 Å². The molecule has 0 saturated carbocycles. The van der Waals surface area contributed by atoms with Crippen LogP contribution in [0, 0.1) is 5.92 Å². The second kappa shape index (κ2) is 13.3. The van der Waals surface area contributed by atoms with Crippen molar-refractivity contribution in [2.24, 2.45) is 10.9 Å². The van der Waals surface area contributed by atoms with E-state index in [-0.39, 0.29) is 24.0 Å². The minimum Gasteiger partial charge on any atom is -0.493 e. The Labute approximate surface area is 209 Å². The summed E-state index contributed by atoms with van der Waals surface area (Å²) in [5.74, 6) is 4.10. The van der Waals surface area contributed by atoms with Gasteiger partial charge in [0.1, 0.15) is 5.82 Å². The highest BCUT2D eigenvalue weighted by Crippen LogP contribution is 2.27. The molecule has 2 N–H and O–H groups in total. The molecule has 2 aromatic rings. The maximum Gasteiger partial charge on any atom is 0.191 e. The average Bonchev–Trinajstić information content (AvgIpc) is 2.81. The fraction of sp³-hybridized carbons (Fsp3) is 0.500. The molecule has 8 heteroatoms. The third-order valence-corrected chi connectivity index (χ3v) is 5.59. The van der Waals surface area contributed by atoms with E-state index < -0.39 is 0 Å².